The molecule has 0 aromatic heterocycles. The summed E-state index contributed by atoms with van der Waals surface area (Å²) >= 11 is 0. The Morgan fingerprint density at radius 3 is 2.41 bits per heavy atom. The molecular formula is C22H28N2O4S. The summed E-state index contributed by atoms with van der Waals surface area (Å²) in [4.78, 5) is 14.6. The number of piperidine rings is 1. The van der Waals surface area contributed by atoms with Crippen LogP contribution in [0.4, 0.5) is 0 Å². The molecular weight excluding hydrogens is 388 g/mol. The Labute approximate surface area is 173 Å². The molecule has 0 atom stereocenters. The van der Waals surface area contributed by atoms with Gasteiger partial charge in [0.15, 0.2) is 0 Å². The molecule has 0 N–H and O–H groups in total. The van der Waals surface area contributed by atoms with Gasteiger partial charge in [-0.25, -0.2) is 8.42 Å². The number of amides is 1. The number of hydrogen-bond acceptors (Lipinski definition) is 4. The maximum atomic E-state index is 12.9. The van der Waals surface area contributed by atoms with Crippen LogP contribution in [0, 0.1) is 0 Å². The summed E-state index contributed by atoms with van der Waals surface area (Å²) in [5.41, 5.74) is 1.35. The summed E-state index contributed by atoms with van der Waals surface area (Å²) in [5.74, 6) is 0.579. The third kappa shape index (κ3) is 5.16. The highest BCUT2D eigenvalue weighted by Gasteiger charge is 2.26. The molecule has 1 aliphatic rings. The minimum Gasteiger partial charge on any atom is -0.494 e. The van der Waals surface area contributed by atoms with Crippen LogP contribution >= 0.6 is 0 Å². The zero-order valence-electron chi connectivity index (χ0n) is 17.0. The van der Waals surface area contributed by atoms with Crippen molar-refractivity contribution in [2.45, 2.75) is 37.6 Å². The van der Waals surface area contributed by atoms with Crippen LogP contribution in [0.15, 0.2) is 53.4 Å². The van der Waals surface area contributed by atoms with Gasteiger partial charge in [0.2, 0.25) is 10.0 Å². The van der Waals surface area contributed by atoms with Crippen LogP contribution in [-0.4, -0.2) is 50.3 Å². The van der Waals surface area contributed by atoms with Crippen LogP contribution in [0.1, 0.15) is 42.1 Å². The Morgan fingerprint density at radius 2 is 1.76 bits per heavy atom. The minimum absolute atomic E-state index is 0.180. The van der Waals surface area contributed by atoms with Crippen molar-refractivity contribution in [1.82, 2.24) is 9.21 Å². The number of sulfonamides is 1. The molecule has 1 saturated heterocycles. The highest BCUT2D eigenvalue weighted by Crippen LogP contribution is 2.22. The molecule has 3 rings (SSSR count). The molecule has 2 aromatic carbocycles. The fourth-order valence-electron chi connectivity index (χ4n) is 3.47. The number of hydrogen-bond donors (Lipinski definition) is 0. The summed E-state index contributed by atoms with van der Waals surface area (Å²) in [6, 6.07) is 13.9. The van der Waals surface area contributed by atoms with Gasteiger partial charge in [-0.2, -0.15) is 4.31 Å². The molecule has 1 fully saturated rings. The fourth-order valence-corrected chi connectivity index (χ4v) is 5.03. The molecule has 2 aromatic rings. The molecule has 0 bridgehead atoms. The van der Waals surface area contributed by atoms with E-state index in [0.717, 1.165) is 30.6 Å². The van der Waals surface area contributed by atoms with E-state index >= 15 is 0 Å². The van der Waals surface area contributed by atoms with Crippen molar-refractivity contribution in [3.63, 3.8) is 0 Å². The first kappa shape index (κ1) is 21.3. The monoisotopic (exact) mass is 416 g/mol. The number of carbonyl (C=O) groups excluding carboxylic acids is 1. The van der Waals surface area contributed by atoms with Crippen LogP contribution in [0.2, 0.25) is 0 Å². The van der Waals surface area contributed by atoms with Crippen molar-refractivity contribution in [3.05, 3.63) is 59.7 Å². The Balaban J connectivity index is 1.72. The fraction of sp³-hybridized carbons (Fsp3) is 0.409. The van der Waals surface area contributed by atoms with Gasteiger partial charge in [0, 0.05) is 32.2 Å². The van der Waals surface area contributed by atoms with E-state index < -0.39 is 10.0 Å². The van der Waals surface area contributed by atoms with E-state index in [1.165, 1.54) is 10.4 Å². The second-order valence-electron chi connectivity index (χ2n) is 7.23. The highest BCUT2D eigenvalue weighted by atomic mass is 32.2. The lowest BCUT2D eigenvalue weighted by molar-refractivity contribution is 0.0785. The Hall–Kier alpha value is -2.38. The number of carbonyl (C=O) groups is 1. The molecule has 156 valence electrons. The minimum atomic E-state index is -3.56. The van der Waals surface area contributed by atoms with Crippen molar-refractivity contribution in [1.29, 1.82) is 0 Å². The molecule has 0 unspecified atom stereocenters. The van der Waals surface area contributed by atoms with Gasteiger partial charge in [-0.3, -0.25) is 4.79 Å². The molecule has 1 heterocycles. The van der Waals surface area contributed by atoms with Gasteiger partial charge in [-0.15, -0.1) is 0 Å². The van der Waals surface area contributed by atoms with Gasteiger partial charge in [0.05, 0.1) is 11.5 Å². The van der Waals surface area contributed by atoms with E-state index in [0.29, 0.717) is 31.8 Å². The molecule has 6 nitrogen and oxygen atoms in total. The van der Waals surface area contributed by atoms with Gasteiger partial charge in [0.1, 0.15) is 5.75 Å². The molecule has 0 spiro atoms. The summed E-state index contributed by atoms with van der Waals surface area (Å²) in [5, 5.41) is 0. The van der Waals surface area contributed by atoms with Crippen LogP contribution < -0.4 is 4.74 Å². The number of nitrogens with zero attached hydrogens (tertiary/aromatic N) is 2. The SMILES string of the molecule is CCOc1ccc(CN(C)C(=O)c2cccc(S(=O)(=O)N3CCCCC3)c2)cc1. The standard InChI is InChI=1S/C22H28N2O4S/c1-3-28-20-12-10-18(11-13-20)17-23(2)22(25)19-8-7-9-21(16-19)29(26,27)24-14-5-4-6-15-24/h7-13,16H,3-6,14-15,17H2,1-2H3. The first-order valence-corrected chi connectivity index (χ1v) is 11.4. The van der Waals surface area contributed by atoms with Gasteiger partial charge < -0.3 is 9.64 Å². The predicted octanol–water partition coefficient (Wildman–Crippen LogP) is 3.53. The molecule has 0 saturated carbocycles. The first-order chi connectivity index (χ1) is 13.9. The number of benzene rings is 2. The zero-order chi connectivity index (χ0) is 20.9. The smallest absolute Gasteiger partial charge is 0.253 e. The average Bonchev–Trinajstić information content (AvgIpc) is 2.75. The molecule has 0 radical (unpaired) electrons. The van der Waals surface area contributed by atoms with Gasteiger partial charge in [-0.05, 0) is 55.7 Å². The maximum Gasteiger partial charge on any atom is 0.253 e. The summed E-state index contributed by atoms with van der Waals surface area (Å²) < 4.78 is 32.7. The Bertz CT molecular complexity index is 936. The van der Waals surface area contributed by atoms with Gasteiger partial charge in [-0.1, -0.05) is 24.6 Å². The van der Waals surface area contributed by atoms with E-state index in [2.05, 4.69) is 0 Å². The van der Waals surface area contributed by atoms with Crippen molar-refractivity contribution in [2.75, 3.05) is 26.7 Å². The number of ether oxygens (including phenoxy) is 1. The lowest BCUT2D eigenvalue weighted by Gasteiger charge is -2.26. The highest BCUT2D eigenvalue weighted by molar-refractivity contribution is 7.89. The molecule has 7 heteroatoms. The van der Waals surface area contributed by atoms with Crippen LogP contribution in [-0.2, 0) is 16.6 Å². The van der Waals surface area contributed by atoms with Gasteiger partial charge >= 0.3 is 0 Å². The van der Waals surface area contributed by atoms with Crippen molar-refractivity contribution in [2.24, 2.45) is 0 Å². The Morgan fingerprint density at radius 1 is 1.07 bits per heavy atom. The maximum absolute atomic E-state index is 12.9. The topological polar surface area (TPSA) is 66.9 Å². The Kier molecular flexibility index (Phi) is 6.92. The van der Waals surface area contributed by atoms with Crippen molar-refractivity contribution < 1.29 is 17.9 Å². The third-order valence-electron chi connectivity index (χ3n) is 5.03. The second kappa shape index (κ2) is 9.41. The predicted molar refractivity (Wildman–Crippen MR) is 112 cm³/mol. The van der Waals surface area contributed by atoms with E-state index in [4.69, 9.17) is 4.74 Å². The van der Waals surface area contributed by atoms with E-state index in [9.17, 15) is 13.2 Å². The number of rotatable bonds is 7. The molecule has 29 heavy (non-hydrogen) atoms. The third-order valence-corrected chi connectivity index (χ3v) is 6.93. The van der Waals surface area contributed by atoms with Crippen molar-refractivity contribution >= 4 is 15.9 Å². The second-order valence-corrected chi connectivity index (χ2v) is 9.17. The largest absolute Gasteiger partial charge is 0.494 e. The van der Waals surface area contributed by atoms with Crippen molar-refractivity contribution in [3.8, 4) is 5.75 Å². The van der Waals surface area contributed by atoms with E-state index in [1.54, 1.807) is 30.1 Å². The molecule has 1 aliphatic heterocycles. The van der Waals surface area contributed by atoms with E-state index in [1.807, 2.05) is 31.2 Å². The quantitative estimate of drug-likeness (QED) is 0.693. The molecule has 1 amide bonds. The van der Waals surface area contributed by atoms with Gasteiger partial charge in [0.25, 0.3) is 5.91 Å². The molecule has 0 aliphatic carbocycles. The lowest BCUT2D eigenvalue weighted by atomic mass is 10.1. The van der Waals surface area contributed by atoms with E-state index in [-0.39, 0.29) is 10.8 Å². The summed E-state index contributed by atoms with van der Waals surface area (Å²) in [7, 11) is -1.85. The average molecular weight is 417 g/mol. The summed E-state index contributed by atoms with van der Waals surface area (Å²) in [6.45, 7) is 4.04. The van der Waals surface area contributed by atoms with Crippen LogP contribution in [0.3, 0.4) is 0 Å². The lowest BCUT2D eigenvalue weighted by Crippen LogP contribution is -2.35. The van der Waals surface area contributed by atoms with Crippen LogP contribution in [0.5, 0.6) is 5.75 Å². The zero-order valence-corrected chi connectivity index (χ0v) is 17.8. The van der Waals surface area contributed by atoms with Crippen LogP contribution in [0.25, 0.3) is 0 Å². The normalized spacial score (nSPS) is 15.1. The first-order valence-electron chi connectivity index (χ1n) is 9.99. The summed E-state index contributed by atoms with van der Waals surface area (Å²) in [6.07, 6.45) is 2.81.